The smallest absolute Gasteiger partial charge is 0.237 e. The van der Waals surface area contributed by atoms with Gasteiger partial charge in [0.2, 0.25) is 5.95 Å². The Morgan fingerprint density at radius 2 is 1.84 bits per heavy atom. The maximum absolute atomic E-state index is 4.73. The Hall–Kier alpha value is -1.85. The highest BCUT2D eigenvalue weighted by Gasteiger charge is 2.15. The lowest BCUT2D eigenvalue weighted by Gasteiger charge is -2.22. The minimum Gasteiger partial charge on any atom is -0.369 e. The van der Waals surface area contributed by atoms with Crippen LogP contribution in [0.2, 0.25) is 0 Å². The zero-order valence-electron chi connectivity index (χ0n) is 14.0. The normalized spacial score (nSPS) is 14.6. The number of anilines is 1. The van der Waals surface area contributed by atoms with Gasteiger partial charge in [0.25, 0.3) is 0 Å². The van der Waals surface area contributed by atoms with Crippen molar-refractivity contribution in [3.05, 3.63) is 43.0 Å². The molecule has 0 saturated heterocycles. The summed E-state index contributed by atoms with van der Waals surface area (Å²) in [5.74, 6) is 2.34. The number of nitrogens with zero attached hydrogens (tertiary/aromatic N) is 4. The molecule has 7 heteroatoms. The van der Waals surface area contributed by atoms with Gasteiger partial charge in [0.1, 0.15) is 12.1 Å². The number of hydrogen-bond acceptors (Lipinski definition) is 4. The molecule has 3 aromatic rings. The van der Waals surface area contributed by atoms with Crippen LogP contribution in [0.4, 0.5) is 5.82 Å². The molecule has 5 nitrogen and oxygen atoms in total. The van der Waals surface area contributed by atoms with Crippen molar-refractivity contribution in [3.8, 4) is 5.95 Å². The third kappa shape index (κ3) is 4.41. The zero-order chi connectivity index (χ0) is 15.5. The van der Waals surface area contributed by atoms with E-state index in [4.69, 9.17) is 4.98 Å². The van der Waals surface area contributed by atoms with Crippen molar-refractivity contribution in [1.29, 1.82) is 0 Å². The van der Waals surface area contributed by atoms with E-state index in [-0.39, 0.29) is 24.8 Å². The predicted molar refractivity (Wildman–Crippen MR) is 106 cm³/mol. The van der Waals surface area contributed by atoms with Crippen LogP contribution >= 0.6 is 24.8 Å². The first-order valence-corrected chi connectivity index (χ1v) is 8.39. The minimum absolute atomic E-state index is 0. The molecule has 0 atom stereocenters. The number of imidazole rings is 1. The average molecular weight is 380 g/mol. The second-order valence-corrected chi connectivity index (χ2v) is 6.24. The molecule has 1 fully saturated rings. The molecule has 0 unspecified atom stereocenters. The molecule has 25 heavy (non-hydrogen) atoms. The van der Waals surface area contributed by atoms with E-state index in [1.807, 2.05) is 29.0 Å². The predicted octanol–water partition coefficient (Wildman–Crippen LogP) is 4.65. The molecule has 0 amide bonds. The zero-order valence-corrected chi connectivity index (χ0v) is 15.6. The SMILES string of the molecule is Cl.Cl.c1ccc2c(NCC3CCCCC3)nc(-n3ccnc3)nc2c1. The van der Waals surface area contributed by atoms with Crippen LogP contribution in [0, 0.1) is 5.92 Å². The van der Waals surface area contributed by atoms with Gasteiger partial charge in [-0.2, -0.15) is 4.98 Å². The van der Waals surface area contributed by atoms with Crippen molar-refractivity contribution < 1.29 is 0 Å². The number of hydrogen-bond donors (Lipinski definition) is 1. The fourth-order valence-corrected chi connectivity index (χ4v) is 3.32. The number of nitrogens with one attached hydrogen (secondary N) is 1. The first-order chi connectivity index (χ1) is 11.4. The van der Waals surface area contributed by atoms with Gasteiger partial charge in [0, 0.05) is 24.3 Å². The highest BCUT2D eigenvalue weighted by molar-refractivity contribution is 5.89. The molecule has 134 valence electrons. The lowest BCUT2D eigenvalue weighted by atomic mass is 9.89. The van der Waals surface area contributed by atoms with Gasteiger partial charge in [-0.3, -0.25) is 4.57 Å². The fourth-order valence-electron chi connectivity index (χ4n) is 3.32. The van der Waals surface area contributed by atoms with Crippen LogP contribution < -0.4 is 5.32 Å². The molecule has 1 saturated carbocycles. The van der Waals surface area contributed by atoms with Gasteiger partial charge in [-0.05, 0) is 30.9 Å². The molecule has 0 bridgehead atoms. The molecule has 1 N–H and O–H groups in total. The number of fused-ring (bicyclic) bond motifs is 1. The fraction of sp³-hybridized carbons (Fsp3) is 0.389. The number of benzene rings is 1. The van der Waals surface area contributed by atoms with Crippen LogP contribution in [-0.2, 0) is 0 Å². The number of para-hydroxylation sites is 1. The molecule has 2 aromatic heterocycles. The van der Waals surface area contributed by atoms with E-state index in [0.29, 0.717) is 5.95 Å². The van der Waals surface area contributed by atoms with Crippen LogP contribution in [-0.4, -0.2) is 26.1 Å². The van der Waals surface area contributed by atoms with E-state index < -0.39 is 0 Å². The van der Waals surface area contributed by atoms with Crippen LogP contribution in [0.15, 0.2) is 43.0 Å². The summed E-state index contributed by atoms with van der Waals surface area (Å²) in [5.41, 5.74) is 0.956. The number of halogens is 2. The lowest BCUT2D eigenvalue weighted by molar-refractivity contribution is 0.373. The van der Waals surface area contributed by atoms with Gasteiger partial charge < -0.3 is 5.32 Å². The molecule has 1 aliphatic rings. The average Bonchev–Trinajstić information content (AvgIpc) is 3.15. The Bertz CT molecular complexity index is 785. The molecular weight excluding hydrogens is 357 g/mol. The Kier molecular flexibility index (Phi) is 7.02. The third-order valence-electron chi connectivity index (χ3n) is 4.61. The summed E-state index contributed by atoms with van der Waals surface area (Å²) in [6.07, 6.45) is 12.1. The maximum atomic E-state index is 4.73. The molecule has 1 aliphatic carbocycles. The second kappa shape index (κ2) is 9.02. The Morgan fingerprint density at radius 1 is 1.04 bits per heavy atom. The summed E-state index contributed by atoms with van der Waals surface area (Å²) in [5, 5.41) is 4.65. The second-order valence-electron chi connectivity index (χ2n) is 6.24. The third-order valence-corrected chi connectivity index (χ3v) is 4.61. The van der Waals surface area contributed by atoms with Gasteiger partial charge in [0.05, 0.1) is 5.52 Å². The first-order valence-electron chi connectivity index (χ1n) is 8.39. The number of rotatable bonds is 4. The largest absolute Gasteiger partial charge is 0.369 e. The summed E-state index contributed by atoms with van der Waals surface area (Å²) in [6, 6.07) is 8.16. The van der Waals surface area contributed by atoms with Gasteiger partial charge in [0.15, 0.2) is 0 Å². The molecule has 4 rings (SSSR count). The molecule has 2 heterocycles. The quantitative estimate of drug-likeness (QED) is 0.716. The van der Waals surface area contributed by atoms with Crippen molar-refractivity contribution in [2.45, 2.75) is 32.1 Å². The summed E-state index contributed by atoms with van der Waals surface area (Å²) in [7, 11) is 0. The van der Waals surface area contributed by atoms with E-state index in [0.717, 1.165) is 29.2 Å². The molecular formula is C18H23Cl2N5. The monoisotopic (exact) mass is 379 g/mol. The molecule has 0 radical (unpaired) electrons. The highest BCUT2D eigenvalue weighted by atomic mass is 35.5. The van der Waals surface area contributed by atoms with Crippen molar-refractivity contribution >= 4 is 41.5 Å². The summed E-state index contributed by atoms with van der Waals surface area (Å²) >= 11 is 0. The van der Waals surface area contributed by atoms with E-state index in [1.165, 1.54) is 32.1 Å². The first kappa shape index (κ1) is 19.5. The lowest BCUT2D eigenvalue weighted by Crippen LogP contribution is -2.18. The Balaban J connectivity index is 0.00000113. The number of aromatic nitrogens is 4. The van der Waals surface area contributed by atoms with Crippen molar-refractivity contribution in [3.63, 3.8) is 0 Å². The molecule has 0 aliphatic heterocycles. The molecule has 0 spiro atoms. The van der Waals surface area contributed by atoms with E-state index in [2.05, 4.69) is 21.4 Å². The van der Waals surface area contributed by atoms with Gasteiger partial charge >= 0.3 is 0 Å². The van der Waals surface area contributed by atoms with Crippen LogP contribution in [0.3, 0.4) is 0 Å². The van der Waals surface area contributed by atoms with Crippen molar-refractivity contribution in [1.82, 2.24) is 19.5 Å². The van der Waals surface area contributed by atoms with E-state index >= 15 is 0 Å². The van der Waals surface area contributed by atoms with Crippen molar-refractivity contribution in [2.75, 3.05) is 11.9 Å². The van der Waals surface area contributed by atoms with Gasteiger partial charge in [-0.15, -0.1) is 24.8 Å². The van der Waals surface area contributed by atoms with E-state index in [1.54, 1.807) is 12.5 Å². The Labute approximate surface area is 160 Å². The summed E-state index contributed by atoms with van der Waals surface area (Å²) in [6.45, 7) is 0.990. The van der Waals surface area contributed by atoms with Gasteiger partial charge in [-0.25, -0.2) is 9.97 Å². The summed E-state index contributed by atoms with van der Waals surface area (Å²) in [4.78, 5) is 13.5. The highest BCUT2D eigenvalue weighted by Crippen LogP contribution is 2.26. The minimum atomic E-state index is 0. The van der Waals surface area contributed by atoms with Crippen LogP contribution in [0.1, 0.15) is 32.1 Å². The van der Waals surface area contributed by atoms with Gasteiger partial charge in [-0.1, -0.05) is 31.4 Å². The molecule has 1 aromatic carbocycles. The standard InChI is InChI=1S/C18H21N5.2ClH/c1-2-6-14(7-3-1)12-20-17-15-8-4-5-9-16(15)21-18(22-17)23-11-10-19-13-23;;/h4-5,8-11,13-14H,1-3,6-7,12H2,(H,20,21,22);2*1H. The van der Waals surface area contributed by atoms with E-state index in [9.17, 15) is 0 Å². The topological polar surface area (TPSA) is 55.6 Å². The van der Waals surface area contributed by atoms with Crippen molar-refractivity contribution in [2.24, 2.45) is 5.92 Å². The van der Waals surface area contributed by atoms with Crippen LogP contribution in [0.25, 0.3) is 16.9 Å². The maximum Gasteiger partial charge on any atom is 0.237 e. The van der Waals surface area contributed by atoms with Crippen LogP contribution in [0.5, 0.6) is 0 Å². The Morgan fingerprint density at radius 3 is 2.60 bits per heavy atom. The summed E-state index contributed by atoms with van der Waals surface area (Å²) < 4.78 is 1.85.